The van der Waals surface area contributed by atoms with Crippen molar-refractivity contribution in [2.24, 2.45) is 4.99 Å². The highest BCUT2D eigenvalue weighted by Gasteiger charge is 2.32. The molecule has 152 valence electrons. The van der Waals surface area contributed by atoms with Crippen molar-refractivity contribution >= 4 is 17.3 Å². The predicted octanol–water partition coefficient (Wildman–Crippen LogP) is 1.48. The first-order valence-corrected chi connectivity index (χ1v) is 10.6. The number of morpholine rings is 1. The van der Waals surface area contributed by atoms with Crippen LogP contribution in [0, 0.1) is 0 Å². The second-order valence-corrected chi connectivity index (χ2v) is 7.97. The molecule has 0 aliphatic carbocycles. The van der Waals surface area contributed by atoms with Crippen LogP contribution in [-0.2, 0) is 14.2 Å². The van der Waals surface area contributed by atoms with E-state index in [-0.39, 0.29) is 5.60 Å². The lowest BCUT2D eigenvalue weighted by Gasteiger charge is -2.37. The lowest BCUT2D eigenvalue weighted by atomic mass is 9.94. The summed E-state index contributed by atoms with van der Waals surface area (Å²) in [7, 11) is 3.60. The molecule has 0 radical (unpaired) electrons. The van der Waals surface area contributed by atoms with Crippen molar-refractivity contribution in [3.63, 3.8) is 0 Å². The number of nitrogens with one attached hydrogen (secondary N) is 2. The number of ether oxygens (including phenoxy) is 3. The Bertz CT molecular complexity index is 570. The molecule has 8 heteroatoms. The fourth-order valence-corrected chi connectivity index (χ4v) is 4.50. The van der Waals surface area contributed by atoms with Crippen LogP contribution in [0.15, 0.2) is 22.5 Å². The fraction of sp³-hybridized carbons (Fsp3) is 0.737. The van der Waals surface area contributed by atoms with Gasteiger partial charge in [0.25, 0.3) is 0 Å². The maximum absolute atomic E-state index is 5.81. The first-order valence-electron chi connectivity index (χ1n) is 9.69. The zero-order chi connectivity index (χ0) is 19.0. The summed E-state index contributed by atoms with van der Waals surface area (Å²) in [4.78, 5) is 8.27. The standard InChI is InChI=1S/C19H32N4O3S/c1-20-18(22-15-19(24-2)5-9-25-10-6-19)21-14-16(17-4-3-13-27-17)23-7-11-26-12-8-23/h3-4,13,16H,5-12,14-15H2,1-2H3,(H2,20,21,22). The molecular formula is C19H32N4O3S. The van der Waals surface area contributed by atoms with Crippen LogP contribution in [0.25, 0.3) is 0 Å². The molecule has 0 aromatic carbocycles. The molecule has 2 saturated heterocycles. The number of guanidine groups is 1. The van der Waals surface area contributed by atoms with Gasteiger partial charge >= 0.3 is 0 Å². The number of rotatable bonds is 7. The molecule has 27 heavy (non-hydrogen) atoms. The van der Waals surface area contributed by atoms with E-state index in [0.717, 1.165) is 71.4 Å². The summed E-state index contributed by atoms with van der Waals surface area (Å²) < 4.78 is 16.8. The third-order valence-corrected chi connectivity index (χ3v) is 6.43. The number of hydrogen-bond acceptors (Lipinski definition) is 6. The topological polar surface area (TPSA) is 67.4 Å². The summed E-state index contributed by atoms with van der Waals surface area (Å²) >= 11 is 1.81. The SMILES string of the molecule is CN=C(NCC(c1cccs1)N1CCOCC1)NCC1(OC)CCOCC1. The maximum Gasteiger partial charge on any atom is 0.191 e. The Balaban J connectivity index is 1.56. The highest BCUT2D eigenvalue weighted by Crippen LogP contribution is 2.26. The van der Waals surface area contributed by atoms with Gasteiger partial charge in [0.15, 0.2) is 5.96 Å². The smallest absolute Gasteiger partial charge is 0.191 e. The molecule has 2 fully saturated rings. The molecule has 0 saturated carbocycles. The van der Waals surface area contributed by atoms with Crippen LogP contribution in [0.5, 0.6) is 0 Å². The van der Waals surface area contributed by atoms with Crippen molar-refractivity contribution < 1.29 is 14.2 Å². The summed E-state index contributed by atoms with van der Waals surface area (Å²) in [6.45, 7) is 6.56. The minimum atomic E-state index is -0.173. The van der Waals surface area contributed by atoms with Gasteiger partial charge in [-0.25, -0.2) is 0 Å². The minimum absolute atomic E-state index is 0.173. The summed E-state index contributed by atoms with van der Waals surface area (Å²) in [6.07, 6.45) is 1.80. The molecule has 3 rings (SSSR count). The Morgan fingerprint density at radius 3 is 2.63 bits per heavy atom. The van der Waals surface area contributed by atoms with Crippen molar-refractivity contribution in [1.82, 2.24) is 15.5 Å². The van der Waals surface area contributed by atoms with E-state index in [4.69, 9.17) is 14.2 Å². The van der Waals surface area contributed by atoms with Gasteiger partial charge in [-0.15, -0.1) is 11.3 Å². The number of methoxy groups -OCH3 is 1. The van der Waals surface area contributed by atoms with E-state index in [1.807, 2.05) is 7.05 Å². The zero-order valence-electron chi connectivity index (χ0n) is 16.4. The van der Waals surface area contributed by atoms with E-state index in [0.29, 0.717) is 6.04 Å². The largest absolute Gasteiger partial charge is 0.381 e. The maximum atomic E-state index is 5.81. The zero-order valence-corrected chi connectivity index (χ0v) is 17.2. The van der Waals surface area contributed by atoms with Gasteiger partial charge in [-0.1, -0.05) is 6.07 Å². The molecule has 2 aliphatic rings. The second kappa shape index (κ2) is 10.4. The van der Waals surface area contributed by atoms with E-state index >= 15 is 0 Å². The highest BCUT2D eigenvalue weighted by molar-refractivity contribution is 7.10. The Morgan fingerprint density at radius 1 is 1.26 bits per heavy atom. The van der Waals surface area contributed by atoms with Gasteiger partial charge in [-0.05, 0) is 11.4 Å². The first kappa shape index (κ1) is 20.5. The third kappa shape index (κ3) is 5.65. The number of nitrogens with zero attached hydrogens (tertiary/aromatic N) is 2. The number of hydrogen-bond donors (Lipinski definition) is 2. The molecule has 0 amide bonds. The van der Waals surface area contributed by atoms with Crippen molar-refractivity contribution in [3.05, 3.63) is 22.4 Å². The lowest BCUT2D eigenvalue weighted by Crippen LogP contribution is -2.52. The van der Waals surface area contributed by atoms with Gasteiger partial charge in [0.1, 0.15) is 0 Å². The average molecular weight is 397 g/mol. The molecule has 2 N–H and O–H groups in total. The van der Waals surface area contributed by atoms with Crippen molar-refractivity contribution in [1.29, 1.82) is 0 Å². The Hall–Kier alpha value is -1.19. The van der Waals surface area contributed by atoms with Crippen molar-refractivity contribution in [2.75, 3.05) is 66.8 Å². The molecule has 0 bridgehead atoms. The fourth-order valence-electron chi connectivity index (χ4n) is 3.63. The van der Waals surface area contributed by atoms with Crippen molar-refractivity contribution in [2.45, 2.75) is 24.5 Å². The van der Waals surface area contributed by atoms with Crippen LogP contribution in [0.4, 0.5) is 0 Å². The van der Waals surface area contributed by atoms with Crippen LogP contribution in [0.1, 0.15) is 23.8 Å². The predicted molar refractivity (Wildman–Crippen MR) is 109 cm³/mol. The van der Waals surface area contributed by atoms with Crippen LogP contribution in [-0.4, -0.2) is 83.2 Å². The Kier molecular flexibility index (Phi) is 7.90. The summed E-state index contributed by atoms with van der Waals surface area (Å²) in [5, 5.41) is 9.11. The molecule has 1 atom stereocenters. The van der Waals surface area contributed by atoms with Crippen LogP contribution in [0.2, 0.25) is 0 Å². The van der Waals surface area contributed by atoms with Gasteiger partial charge < -0.3 is 24.8 Å². The van der Waals surface area contributed by atoms with Crippen LogP contribution >= 0.6 is 11.3 Å². The average Bonchev–Trinajstić information content (AvgIpc) is 3.26. The minimum Gasteiger partial charge on any atom is -0.381 e. The molecule has 1 aromatic rings. The van der Waals surface area contributed by atoms with E-state index in [1.165, 1.54) is 4.88 Å². The molecular weight excluding hydrogens is 364 g/mol. The van der Waals surface area contributed by atoms with E-state index in [1.54, 1.807) is 18.4 Å². The Labute approximate surface area is 166 Å². The third-order valence-electron chi connectivity index (χ3n) is 5.46. The molecule has 7 nitrogen and oxygen atoms in total. The number of thiophene rings is 1. The monoisotopic (exact) mass is 396 g/mol. The molecule has 3 heterocycles. The van der Waals surface area contributed by atoms with Crippen LogP contribution in [0.3, 0.4) is 0 Å². The summed E-state index contributed by atoms with van der Waals surface area (Å²) in [6, 6.07) is 4.66. The highest BCUT2D eigenvalue weighted by atomic mass is 32.1. The summed E-state index contributed by atoms with van der Waals surface area (Å²) in [5.74, 6) is 0.813. The lowest BCUT2D eigenvalue weighted by molar-refractivity contribution is -0.0855. The van der Waals surface area contributed by atoms with Gasteiger partial charge in [-0.2, -0.15) is 0 Å². The van der Waals surface area contributed by atoms with Gasteiger partial charge in [0, 0.05) is 71.3 Å². The molecule has 2 aliphatic heterocycles. The van der Waals surface area contributed by atoms with Crippen molar-refractivity contribution in [3.8, 4) is 0 Å². The normalized spacial score (nSPS) is 22.4. The van der Waals surface area contributed by atoms with Crippen LogP contribution < -0.4 is 10.6 Å². The molecule has 1 unspecified atom stereocenters. The summed E-state index contributed by atoms with van der Waals surface area (Å²) in [5.41, 5.74) is -0.173. The quantitative estimate of drug-likeness (QED) is 0.538. The van der Waals surface area contributed by atoms with Gasteiger partial charge in [0.2, 0.25) is 0 Å². The van der Waals surface area contributed by atoms with E-state index in [9.17, 15) is 0 Å². The Morgan fingerprint density at radius 2 is 2.00 bits per heavy atom. The first-order chi connectivity index (χ1) is 13.3. The van der Waals surface area contributed by atoms with Gasteiger partial charge in [-0.3, -0.25) is 9.89 Å². The second-order valence-electron chi connectivity index (χ2n) is 6.99. The van der Waals surface area contributed by atoms with E-state index in [2.05, 4.69) is 38.0 Å². The van der Waals surface area contributed by atoms with Gasteiger partial charge in [0.05, 0.1) is 24.9 Å². The molecule has 1 aromatic heterocycles. The molecule has 0 spiro atoms. The number of aliphatic imine (C=N–C) groups is 1. The van der Waals surface area contributed by atoms with E-state index < -0.39 is 0 Å².